The van der Waals surface area contributed by atoms with Gasteiger partial charge in [-0.3, -0.25) is 19.2 Å². The second-order valence-electron chi connectivity index (χ2n) is 5.50. The Morgan fingerprint density at radius 3 is 1.15 bits per heavy atom. The standard InChI is InChI=1S/2C10H6O3.Cu/c2*11-8-5-9(12)10(13)7-4-2-1-3-6(7)8;/h2*1-5,11H;/q;;+2/p-2. The number of ketones is 4. The maximum atomic E-state index is 11.2. The van der Waals surface area contributed by atoms with Gasteiger partial charge in [0, 0.05) is 11.1 Å². The van der Waals surface area contributed by atoms with Gasteiger partial charge >= 0.3 is 17.1 Å². The van der Waals surface area contributed by atoms with E-state index in [1.807, 2.05) is 0 Å². The summed E-state index contributed by atoms with van der Waals surface area (Å²) in [5.41, 5.74) is 1.04. The van der Waals surface area contributed by atoms with Crippen molar-refractivity contribution < 1.29 is 46.5 Å². The quantitative estimate of drug-likeness (QED) is 0.456. The molecule has 2 aromatic rings. The summed E-state index contributed by atoms with van der Waals surface area (Å²) in [6.45, 7) is 0. The predicted molar refractivity (Wildman–Crippen MR) is 87.5 cm³/mol. The number of hydrogen-bond donors (Lipinski definition) is 0. The van der Waals surface area contributed by atoms with Crippen LogP contribution in [0.5, 0.6) is 0 Å². The molecule has 0 bridgehead atoms. The summed E-state index contributed by atoms with van der Waals surface area (Å²) in [6.07, 6.45) is 1.68. The number of Topliss-reactive ketones (excluding diaryl/α,β-unsaturated/α-hetero) is 2. The molecule has 6 nitrogen and oxygen atoms in total. The molecule has 0 unspecified atom stereocenters. The number of allylic oxidation sites excluding steroid dienone is 2. The van der Waals surface area contributed by atoms with Gasteiger partial charge < -0.3 is 10.2 Å². The van der Waals surface area contributed by atoms with E-state index in [2.05, 4.69) is 0 Å². The Balaban J connectivity index is 0.000000187. The Morgan fingerprint density at radius 1 is 0.519 bits per heavy atom. The fourth-order valence-electron chi connectivity index (χ4n) is 2.58. The summed E-state index contributed by atoms with van der Waals surface area (Å²) in [6, 6.07) is 12.6. The molecule has 2 aromatic carbocycles. The van der Waals surface area contributed by atoms with Gasteiger partial charge in [-0.1, -0.05) is 60.0 Å². The van der Waals surface area contributed by atoms with Crippen LogP contribution in [-0.4, -0.2) is 23.1 Å². The molecule has 27 heavy (non-hydrogen) atoms. The molecule has 0 saturated heterocycles. The second-order valence-corrected chi connectivity index (χ2v) is 5.50. The number of carbonyl (C=O) groups excluding carboxylic acids is 4. The van der Waals surface area contributed by atoms with E-state index >= 15 is 0 Å². The van der Waals surface area contributed by atoms with Crippen LogP contribution < -0.4 is 10.2 Å². The molecule has 4 rings (SSSR count). The maximum Gasteiger partial charge on any atom is 2.00 e. The normalized spacial score (nSPS) is 14.7. The Morgan fingerprint density at radius 2 is 0.815 bits per heavy atom. The van der Waals surface area contributed by atoms with Crippen molar-refractivity contribution in [2.45, 2.75) is 0 Å². The smallest absolute Gasteiger partial charge is 0.872 e. The molecule has 2 aliphatic rings. The van der Waals surface area contributed by atoms with Crippen molar-refractivity contribution in [2.75, 3.05) is 0 Å². The molecule has 0 aromatic heterocycles. The fraction of sp³-hybridized carbons (Fsp3) is 0. The van der Waals surface area contributed by atoms with Crippen molar-refractivity contribution in [2.24, 2.45) is 0 Å². The number of fused-ring (bicyclic) bond motifs is 2. The van der Waals surface area contributed by atoms with Gasteiger partial charge in [0.1, 0.15) is 0 Å². The van der Waals surface area contributed by atoms with E-state index in [-0.39, 0.29) is 39.7 Å². The van der Waals surface area contributed by atoms with Crippen LogP contribution in [-0.2, 0) is 26.7 Å². The Bertz CT molecular complexity index is 949. The van der Waals surface area contributed by atoms with E-state index in [1.54, 1.807) is 36.4 Å². The van der Waals surface area contributed by atoms with Crippen LogP contribution in [0.15, 0.2) is 60.7 Å². The van der Waals surface area contributed by atoms with E-state index in [9.17, 15) is 29.4 Å². The van der Waals surface area contributed by atoms with Crippen molar-refractivity contribution in [3.8, 4) is 0 Å². The SMILES string of the molecule is O=C1C=C([O-])c2ccccc2C1=O.O=C1C=C([O-])c2ccccc2C1=O.[Cu+2]. The van der Waals surface area contributed by atoms with Gasteiger partial charge in [0.05, 0.1) is 0 Å². The number of carbonyl (C=O) groups is 4. The van der Waals surface area contributed by atoms with Crippen LogP contribution >= 0.6 is 0 Å². The molecule has 0 amide bonds. The maximum absolute atomic E-state index is 11.2. The summed E-state index contributed by atoms with van der Waals surface area (Å²) in [7, 11) is 0. The van der Waals surface area contributed by atoms with Crippen molar-refractivity contribution in [1.82, 2.24) is 0 Å². The van der Waals surface area contributed by atoms with Crippen molar-refractivity contribution in [3.63, 3.8) is 0 Å². The van der Waals surface area contributed by atoms with Crippen LogP contribution in [0.2, 0.25) is 0 Å². The van der Waals surface area contributed by atoms with Gasteiger partial charge in [-0.15, -0.1) is 0 Å². The summed E-state index contributed by atoms with van der Waals surface area (Å²) in [4.78, 5) is 44.3. The molecule has 0 heterocycles. The number of rotatable bonds is 0. The first-order chi connectivity index (χ1) is 12.4. The molecule has 7 heteroatoms. The van der Waals surface area contributed by atoms with Crippen LogP contribution in [0, 0.1) is 0 Å². The molecule has 0 N–H and O–H groups in total. The average molecular weight is 410 g/mol. The molecule has 137 valence electrons. The second kappa shape index (κ2) is 7.95. The number of benzene rings is 2. The van der Waals surface area contributed by atoms with Gasteiger partial charge in [0.2, 0.25) is 23.1 Å². The molecule has 0 saturated carbocycles. The summed E-state index contributed by atoms with van der Waals surface area (Å²) in [5.74, 6) is -3.45. The molecule has 0 spiro atoms. The molecule has 0 aliphatic heterocycles. The van der Waals surface area contributed by atoms with Gasteiger partial charge in [-0.2, -0.15) is 0 Å². The minimum atomic E-state index is -0.733. The van der Waals surface area contributed by atoms with Gasteiger partial charge in [0.25, 0.3) is 0 Å². The molecular formula is C20H10CuO6. The van der Waals surface area contributed by atoms with Crippen LogP contribution in [0.1, 0.15) is 31.8 Å². The summed E-state index contributed by atoms with van der Waals surface area (Å²) in [5, 5.41) is 22.4. The van der Waals surface area contributed by atoms with Crippen molar-refractivity contribution >= 4 is 34.7 Å². The monoisotopic (exact) mass is 409 g/mol. The third-order valence-corrected chi connectivity index (χ3v) is 3.85. The predicted octanol–water partition coefficient (Wildman–Crippen LogP) is 0.304. The van der Waals surface area contributed by atoms with E-state index in [0.29, 0.717) is 11.1 Å². The van der Waals surface area contributed by atoms with Gasteiger partial charge in [-0.05, 0) is 23.3 Å². The van der Waals surface area contributed by atoms with Crippen LogP contribution in [0.4, 0.5) is 0 Å². The summed E-state index contributed by atoms with van der Waals surface area (Å²) >= 11 is 0. The summed E-state index contributed by atoms with van der Waals surface area (Å²) < 4.78 is 0. The average Bonchev–Trinajstić information content (AvgIpc) is 2.65. The molecule has 1 radical (unpaired) electrons. The topological polar surface area (TPSA) is 114 Å². The largest absolute Gasteiger partial charge is 2.00 e. The van der Waals surface area contributed by atoms with Crippen LogP contribution in [0.3, 0.4) is 0 Å². The zero-order chi connectivity index (χ0) is 18.8. The van der Waals surface area contributed by atoms with E-state index < -0.39 is 23.1 Å². The third-order valence-electron chi connectivity index (χ3n) is 3.85. The van der Waals surface area contributed by atoms with E-state index in [4.69, 9.17) is 0 Å². The van der Waals surface area contributed by atoms with Crippen molar-refractivity contribution in [1.29, 1.82) is 0 Å². The van der Waals surface area contributed by atoms with E-state index in [1.165, 1.54) is 12.1 Å². The minimum absolute atomic E-state index is 0. The third kappa shape index (κ3) is 3.79. The van der Waals surface area contributed by atoms with Crippen molar-refractivity contribution in [3.05, 3.63) is 82.9 Å². The zero-order valence-corrected chi connectivity index (χ0v) is 14.5. The molecule has 0 atom stereocenters. The van der Waals surface area contributed by atoms with Gasteiger partial charge in [0.15, 0.2) is 0 Å². The molecule has 0 fully saturated rings. The molecular weight excluding hydrogens is 400 g/mol. The molecule has 2 aliphatic carbocycles. The Kier molecular flexibility index (Phi) is 5.90. The zero-order valence-electron chi connectivity index (χ0n) is 13.5. The first kappa shape index (κ1) is 20.0. The Labute approximate surface area is 164 Å². The Hall–Kier alpha value is -3.28. The first-order valence-corrected chi connectivity index (χ1v) is 7.53. The van der Waals surface area contributed by atoms with Gasteiger partial charge in [-0.25, -0.2) is 0 Å². The first-order valence-electron chi connectivity index (χ1n) is 7.53. The van der Waals surface area contributed by atoms with E-state index in [0.717, 1.165) is 12.2 Å². The number of hydrogen-bond acceptors (Lipinski definition) is 6. The fourth-order valence-corrected chi connectivity index (χ4v) is 2.58. The van der Waals surface area contributed by atoms with Crippen LogP contribution in [0.25, 0.3) is 11.5 Å². The minimum Gasteiger partial charge on any atom is -0.872 e.